The van der Waals surface area contributed by atoms with Crippen molar-refractivity contribution in [2.75, 3.05) is 19.8 Å². The summed E-state index contributed by atoms with van der Waals surface area (Å²) >= 11 is 0. The number of carbonyl (C=O) groups is 1. The molecule has 1 aliphatic carbocycles. The molecular formula is C27H27F3N4O4. The number of rotatable bonds is 7. The Bertz CT molecular complexity index is 1350. The summed E-state index contributed by atoms with van der Waals surface area (Å²) in [5, 5.41) is 6.87. The molecule has 0 spiro atoms. The molecule has 0 unspecified atom stereocenters. The van der Waals surface area contributed by atoms with E-state index in [0.717, 1.165) is 35.2 Å². The Labute approximate surface area is 217 Å². The molecule has 2 fully saturated rings. The third-order valence-electron chi connectivity index (χ3n) is 7.49. The largest absolute Gasteiger partial charge is 0.573 e. The van der Waals surface area contributed by atoms with Crippen LogP contribution in [0.5, 0.6) is 5.75 Å². The monoisotopic (exact) mass is 528 g/mol. The lowest BCUT2D eigenvalue weighted by Crippen LogP contribution is -2.50. The van der Waals surface area contributed by atoms with E-state index in [9.17, 15) is 18.0 Å². The van der Waals surface area contributed by atoms with Gasteiger partial charge in [0.15, 0.2) is 5.82 Å². The number of alkyl halides is 3. The molecule has 38 heavy (non-hydrogen) atoms. The van der Waals surface area contributed by atoms with Gasteiger partial charge in [0.05, 0.1) is 31.1 Å². The summed E-state index contributed by atoms with van der Waals surface area (Å²) in [4.78, 5) is 19.5. The van der Waals surface area contributed by atoms with Crippen molar-refractivity contribution < 1.29 is 32.0 Å². The van der Waals surface area contributed by atoms with E-state index >= 15 is 0 Å². The zero-order valence-electron chi connectivity index (χ0n) is 20.8. The van der Waals surface area contributed by atoms with Crippen LogP contribution in [-0.4, -0.2) is 53.1 Å². The summed E-state index contributed by atoms with van der Waals surface area (Å²) in [6.45, 7) is 5.01. The van der Waals surface area contributed by atoms with Crippen LogP contribution in [0, 0.1) is 12.8 Å². The number of hydrogen-bond acceptors (Lipinski definition) is 7. The molecule has 2 aromatic carbocycles. The maximum absolute atomic E-state index is 12.9. The second kappa shape index (κ2) is 9.70. The highest BCUT2D eigenvalue weighted by Crippen LogP contribution is 2.47. The van der Waals surface area contributed by atoms with E-state index < -0.39 is 6.36 Å². The third kappa shape index (κ3) is 5.12. The molecule has 200 valence electrons. The summed E-state index contributed by atoms with van der Waals surface area (Å²) in [6, 6.07) is 10.3. The number of nitrogens with zero attached hydrogens (tertiary/aromatic N) is 3. The van der Waals surface area contributed by atoms with Crippen LogP contribution in [0.15, 0.2) is 40.9 Å². The van der Waals surface area contributed by atoms with Gasteiger partial charge in [0, 0.05) is 19.6 Å². The van der Waals surface area contributed by atoms with Crippen molar-refractivity contribution in [3.63, 3.8) is 0 Å². The number of aromatic nitrogens is 2. The number of halogens is 3. The number of fused-ring (bicyclic) bond motifs is 1. The smallest absolute Gasteiger partial charge is 0.406 e. The first-order chi connectivity index (χ1) is 18.2. The molecule has 2 aliphatic heterocycles. The molecule has 0 radical (unpaired) electrons. The predicted molar refractivity (Wildman–Crippen MR) is 129 cm³/mol. The molecule has 1 N–H and O–H groups in total. The van der Waals surface area contributed by atoms with Crippen molar-refractivity contribution in [1.82, 2.24) is 20.4 Å². The number of hydrogen-bond donors (Lipinski definition) is 1. The summed E-state index contributed by atoms with van der Waals surface area (Å²) in [6.07, 6.45) is -3.33. The van der Waals surface area contributed by atoms with E-state index in [0.29, 0.717) is 56.0 Å². The highest BCUT2D eigenvalue weighted by atomic mass is 19.4. The second-order valence-electron chi connectivity index (χ2n) is 10.1. The molecule has 3 heterocycles. The molecule has 0 bridgehead atoms. The minimum Gasteiger partial charge on any atom is -0.406 e. The van der Waals surface area contributed by atoms with Crippen LogP contribution in [0.3, 0.4) is 0 Å². The number of carbonyl (C=O) groups excluding carboxylic acids is 1. The normalized spacial score (nSPS) is 21.5. The fourth-order valence-corrected chi connectivity index (χ4v) is 5.34. The van der Waals surface area contributed by atoms with E-state index in [4.69, 9.17) is 9.26 Å². The summed E-state index contributed by atoms with van der Waals surface area (Å²) in [5.74, 6) is 0.507. The average Bonchev–Trinajstić information content (AvgIpc) is 3.53. The zero-order valence-corrected chi connectivity index (χ0v) is 20.8. The Morgan fingerprint density at radius 2 is 2.05 bits per heavy atom. The molecule has 3 aliphatic rings. The predicted octanol–water partition coefficient (Wildman–Crippen LogP) is 4.12. The number of aryl methyl sites for hydroxylation is 1. The summed E-state index contributed by atoms with van der Waals surface area (Å²) in [7, 11) is 0. The van der Waals surface area contributed by atoms with Crippen LogP contribution in [0.4, 0.5) is 13.2 Å². The summed E-state index contributed by atoms with van der Waals surface area (Å²) in [5.41, 5.74) is 4.72. The van der Waals surface area contributed by atoms with Gasteiger partial charge in [0.1, 0.15) is 5.75 Å². The van der Waals surface area contributed by atoms with E-state index in [1.165, 1.54) is 12.1 Å². The van der Waals surface area contributed by atoms with Crippen LogP contribution < -0.4 is 10.1 Å². The molecule has 3 aromatic rings. The molecular weight excluding hydrogens is 501 g/mol. The van der Waals surface area contributed by atoms with Gasteiger partial charge >= 0.3 is 6.36 Å². The van der Waals surface area contributed by atoms with Gasteiger partial charge < -0.3 is 19.3 Å². The van der Waals surface area contributed by atoms with Gasteiger partial charge in [0.25, 0.3) is 0 Å². The van der Waals surface area contributed by atoms with E-state index in [1.807, 2.05) is 12.1 Å². The van der Waals surface area contributed by atoms with Gasteiger partial charge in [-0.25, -0.2) is 0 Å². The lowest BCUT2D eigenvalue weighted by molar-refractivity contribution is -0.274. The standard InChI is InChI=1S/C27H27F3N4O4/c1-15-32-26(38-33-15)23-10-22(23)25(35)31-11-17-5-6-20(16-3-2-4-19(9-16)37-27(28,29)30)21-7-8-34(12-24(17)21)18-13-36-14-18/h2-6,9,18,22-23H,7-8,10-14H2,1H3,(H,31,35)/t22-,23-/m0/s1. The Balaban J connectivity index is 1.24. The third-order valence-corrected chi connectivity index (χ3v) is 7.49. The van der Waals surface area contributed by atoms with Crippen LogP contribution in [-0.2, 0) is 29.0 Å². The summed E-state index contributed by atoms with van der Waals surface area (Å²) < 4.78 is 53.2. The van der Waals surface area contributed by atoms with Crippen molar-refractivity contribution in [2.24, 2.45) is 5.92 Å². The van der Waals surface area contributed by atoms with E-state index in [1.54, 1.807) is 19.1 Å². The Morgan fingerprint density at radius 1 is 1.21 bits per heavy atom. The highest BCUT2D eigenvalue weighted by Gasteiger charge is 2.47. The molecule has 1 aromatic heterocycles. The first-order valence-electron chi connectivity index (χ1n) is 12.6. The number of ether oxygens (including phenoxy) is 2. The van der Waals surface area contributed by atoms with Gasteiger partial charge in [-0.2, -0.15) is 4.98 Å². The topological polar surface area (TPSA) is 89.7 Å². The van der Waals surface area contributed by atoms with Gasteiger partial charge in [-0.1, -0.05) is 29.4 Å². The molecule has 11 heteroatoms. The Hall–Kier alpha value is -3.44. The lowest BCUT2D eigenvalue weighted by Gasteiger charge is -2.41. The highest BCUT2D eigenvalue weighted by molar-refractivity contribution is 5.82. The van der Waals surface area contributed by atoms with Crippen molar-refractivity contribution in [2.45, 2.75) is 51.2 Å². The fraction of sp³-hybridized carbons (Fsp3) is 0.444. The molecule has 1 saturated heterocycles. The van der Waals surface area contributed by atoms with Crippen LogP contribution in [0.2, 0.25) is 0 Å². The average molecular weight is 529 g/mol. The Morgan fingerprint density at radius 3 is 2.76 bits per heavy atom. The van der Waals surface area contributed by atoms with Gasteiger partial charge in [0.2, 0.25) is 11.8 Å². The van der Waals surface area contributed by atoms with Gasteiger partial charge in [-0.05, 0) is 59.7 Å². The first kappa shape index (κ1) is 24.9. The minimum atomic E-state index is -4.76. The molecule has 2 atom stereocenters. The quantitative estimate of drug-likeness (QED) is 0.494. The van der Waals surface area contributed by atoms with Crippen molar-refractivity contribution in [1.29, 1.82) is 0 Å². The molecule has 6 rings (SSSR count). The van der Waals surface area contributed by atoms with Crippen LogP contribution >= 0.6 is 0 Å². The SMILES string of the molecule is Cc1noc([C@H]2C[C@@H]2C(=O)NCc2ccc(-c3cccc(OC(F)(F)F)c3)c3c2CN(C2COC2)CC3)n1. The zero-order chi connectivity index (χ0) is 26.4. The van der Waals surface area contributed by atoms with E-state index in [2.05, 4.69) is 25.1 Å². The minimum absolute atomic E-state index is 0.0483. The Kier molecular flexibility index (Phi) is 6.35. The number of benzene rings is 2. The second-order valence-corrected chi connectivity index (χ2v) is 10.1. The first-order valence-corrected chi connectivity index (χ1v) is 12.6. The molecule has 1 amide bonds. The van der Waals surface area contributed by atoms with Gasteiger partial charge in [-0.15, -0.1) is 13.2 Å². The van der Waals surface area contributed by atoms with Crippen molar-refractivity contribution in [3.05, 3.63) is 64.8 Å². The van der Waals surface area contributed by atoms with Crippen LogP contribution in [0.1, 0.15) is 40.7 Å². The van der Waals surface area contributed by atoms with Crippen molar-refractivity contribution in [3.8, 4) is 16.9 Å². The fourth-order valence-electron chi connectivity index (χ4n) is 5.34. The van der Waals surface area contributed by atoms with Crippen LogP contribution in [0.25, 0.3) is 11.1 Å². The molecule has 8 nitrogen and oxygen atoms in total. The van der Waals surface area contributed by atoms with E-state index in [-0.39, 0.29) is 23.5 Å². The maximum atomic E-state index is 12.9. The lowest BCUT2D eigenvalue weighted by atomic mass is 9.87. The number of amides is 1. The van der Waals surface area contributed by atoms with Crippen molar-refractivity contribution >= 4 is 5.91 Å². The molecule has 1 saturated carbocycles. The number of nitrogens with one attached hydrogen (secondary N) is 1. The van der Waals surface area contributed by atoms with Gasteiger partial charge in [-0.3, -0.25) is 9.69 Å². The maximum Gasteiger partial charge on any atom is 0.573 e.